The molecule has 2 heteroatoms. The molecule has 0 aromatic carbocycles. The number of hydrogen-bond acceptors (Lipinski definition) is 2. The van der Waals surface area contributed by atoms with Crippen molar-refractivity contribution >= 4 is 0 Å². The Bertz CT molecular complexity index is 6.00. The van der Waals surface area contributed by atoms with Gasteiger partial charge in [-0.3, -0.25) is 0 Å². The zero-order valence-corrected chi connectivity index (χ0v) is 2.39. The molecular formula is C2H4O2. The van der Waals surface area contributed by atoms with Crippen LogP contribution < -0.4 is 0 Å². The summed E-state index contributed by atoms with van der Waals surface area (Å²) in [6.45, 7) is 0. The van der Waals surface area contributed by atoms with Gasteiger partial charge in [0.25, 0.3) is 0 Å². The Kier molecular flexibility index (Phi) is 2.86. The van der Waals surface area contributed by atoms with Crippen molar-refractivity contribution in [1.29, 1.82) is 0 Å². The van der Waals surface area contributed by atoms with Gasteiger partial charge in [0.15, 0.2) is 7.11 Å². The zero-order chi connectivity index (χ0) is 3.41. The van der Waals surface area contributed by atoms with Gasteiger partial charge in [-0.05, 0) is 0 Å². The van der Waals surface area contributed by atoms with Crippen molar-refractivity contribution in [1.82, 2.24) is 0 Å². The van der Waals surface area contributed by atoms with Gasteiger partial charge in [-0.15, -0.1) is 0 Å². The second-order valence-corrected chi connectivity index (χ2v) is 0.263. The molecule has 0 saturated carbocycles. The van der Waals surface area contributed by atoms with Gasteiger partial charge in [-0.25, -0.2) is 9.78 Å². The van der Waals surface area contributed by atoms with Gasteiger partial charge in [0.2, 0.25) is 0 Å². The van der Waals surface area contributed by atoms with Gasteiger partial charge in [-0.2, -0.15) is 0 Å². The predicted molar refractivity (Wildman–Crippen MR) is 12.4 cm³/mol. The molecule has 24 valence electrons. The van der Waals surface area contributed by atoms with E-state index in [0.29, 0.717) is 0 Å². The van der Waals surface area contributed by atoms with Gasteiger partial charge in [0.1, 0.15) is 0 Å². The Labute approximate surface area is 25.3 Å². The predicted octanol–water partition coefficient (Wildman–Crippen LogP) is 0.233. The monoisotopic (exact) mass is 60.0 g/mol. The van der Waals surface area contributed by atoms with Crippen LogP contribution in [0.5, 0.6) is 0 Å². The molecule has 0 aliphatic rings. The van der Waals surface area contributed by atoms with E-state index in [1.165, 1.54) is 7.11 Å². The van der Waals surface area contributed by atoms with Crippen LogP contribution >= 0.6 is 0 Å². The van der Waals surface area contributed by atoms with Crippen molar-refractivity contribution in [3.8, 4) is 0 Å². The molecule has 4 heavy (non-hydrogen) atoms. The summed E-state index contributed by atoms with van der Waals surface area (Å²) in [5.74, 6) is 0. The Balaban J connectivity index is 1.97. The van der Waals surface area contributed by atoms with E-state index < -0.39 is 0 Å². The largest absolute Gasteiger partial charge is 0.240 e. The first-order chi connectivity index (χ1) is 1.91. The van der Waals surface area contributed by atoms with Crippen LogP contribution in [0.3, 0.4) is 0 Å². The fourth-order valence-electron chi connectivity index (χ4n) is 0. The van der Waals surface area contributed by atoms with Crippen LogP contribution in [-0.4, -0.2) is 7.11 Å². The minimum absolute atomic E-state index is 1.33. The summed E-state index contributed by atoms with van der Waals surface area (Å²) >= 11 is 0. The van der Waals surface area contributed by atoms with Crippen molar-refractivity contribution in [2.75, 3.05) is 7.11 Å². The highest BCUT2D eigenvalue weighted by atomic mass is 17.2. The Morgan fingerprint density at radius 3 is 2.00 bits per heavy atom. The van der Waals surface area contributed by atoms with Crippen molar-refractivity contribution in [2.24, 2.45) is 0 Å². The molecule has 0 saturated heterocycles. The second-order valence-electron chi connectivity index (χ2n) is 0.263. The summed E-state index contributed by atoms with van der Waals surface area (Å²) in [6, 6.07) is 0. The van der Waals surface area contributed by atoms with Gasteiger partial charge >= 0.3 is 0 Å². The minimum Gasteiger partial charge on any atom is -0.240 e. The Morgan fingerprint density at radius 2 is 2.00 bits per heavy atom. The highest BCUT2D eigenvalue weighted by Crippen LogP contribution is 1.56. The third-order valence-corrected chi connectivity index (χ3v) is 0.0962. The van der Waals surface area contributed by atoms with E-state index in [0.717, 1.165) is 0 Å². The fraction of sp³-hybridized carbons (Fsp3) is 0.500. The quantitative estimate of drug-likeness (QED) is 0.318. The molecule has 0 fully saturated rings. The molecule has 0 spiro atoms. The molecule has 0 aliphatic carbocycles. The molecular weight excluding hydrogens is 56.0 g/mol. The first kappa shape index (κ1) is 3.92. The standard InChI is InChI=1S/C2H4O2/c1-3-4-2/h1H,2H3. The number of rotatable bonds is 1. The summed E-state index contributed by atoms with van der Waals surface area (Å²) in [5, 5.41) is 0. The van der Waals surface area contributed by atoms with Crippen LogP contribution in [0.15, 0.2) is 0 Å². The van der Waals surface area contributed by atoms with Crippen LogP contribution in [0.4, 0.5) is 0 Å². The molecule has 0 aliphatic heterocycles. The highest BCUT2D eigenvalue weighted by Gasteiger charge is 1.49. The first-order valence-corrected chi connectivity index (χ1v) is 0.811. The molecule has 0 unspecified atom stereocenters. The fourth-order valence-corrected chi connectivity index (χ4v) is 0. The second kappa shape index (κ2) is 2.92. The SMILES string of the molecule is [CH]OOC. The Morgan fingerprint density at radius 1 is 1.75 bits per heavy atom. The zero-order valence-electron chi connectivity index (χ0n) is 2.39. The number of hydrogen-bond donors (Lipinski definition) is 0. The molecule has 0 atom stereocenters. The maximum absolute atomic E-state index is 4.31. The lowest BCUT2D eigenvalue weighted by molar-refractivity contribution is -0.227. The third kappa shape index (κ3) is 1.92. The average Bonchev–Trinajstić information content (AvgIpc) is 1.37. The molecule has 0 N–H and O–H groups in total. The van der Waals surface area contributed by atoms with E-state index in [-0.39, 0.29) is 0 Å². The van der Waals surface area contributed by atoms with Crippen LogP contribution in [0.1, 0.15) is 0 Å². The maximum atomic E-state index is 4.31. The molecule has 0 heterocycles. The summed E-state index contributed by atoms with van der Waals surface area (Å²) in [7, 11) is 5.64. The average molecular weight is 60.1 g/mol. The van der Waals surface area contributed by atoms with Crippen LogP contribution in [0.25, 0.3) is 0 Å². The summed E-state index contributed by atoms with van der Waals surface area (Å²) in [6.07, 6.45) is 0. The summed E-state index contributed by atoms with van der Waals surface area (Å²) in [5.41, 5.74) is 0. The van der Waals surface area contributed by atoms with Gasteiger partial charge in [0.05, 0.1) is 7.11 Å². The highest BCUT2D eigenvalue weighted by molar-refractivity contribution is 3.74. The lowest BCUT2D eigenvalue weighted by Gasteiger charge is -1.77. The van der Waals surface area contributed by atoms with Crippen molar-refractivity contribution in [3.63, 3.8) is 0 Å². The smallest absolute Gasteiger partial charge is 0.157 e. The maximum Gasteiger partial charge on any atom is 0.157 e. The molecule has 2 radical (unpaired) electrons. The van der Waals surface area contributed by atoms with Gasteiger partial charge in [0, 0.05) is 0 Å². The molecule has 2 nitrogen and oxygen atoms in total. The lowest BCUT2D eigenvalue weighted by Crippen LogP contribution is -1.69. The molecule has 0 aromatic rings. The van der Waals surface area contributed by atoms with E-state index >= 15 is 0 Å². The molecule has 0 amide bonds. The topological polar surface area (TPSA) is 18.5 Å². The van der Waals surface area contributed by atoms with E-state index in [4.69, 9.17) is 0 Å². The van der Waals surface area contributed by atoms with E-state index in [1.54, 1.807) is 0 Å². The van der Waals surface area contributed by atoms with Crippen molar-refractivity contribution < 1.29 is 9.78 Å². The van der Waals surface area contributed by atoms with E-state index in [1.807, 2.05) is 0 Å². The molecule has 0 aromatic heterocycles. The minimum atomic E-state index is 1.33. The third-order valence-electron chi connectivity index (χ3n) is 0.0962. The summed E-state index contributed by atoms with van der Waals surface area (Å²) in [4.78, 5) is 7.36. The first-order valence-electron chi connectivity index (χ1n) is 0.811. The van der Waals surface area contributed by atoms with E-state index in [9.17, 15) is 0 Å². The lowest BCUT2D eigenvalue weighted by atomic mass is 11.7. The Hall–Kier alpha value is -0.0800. The van der Waals surface area contributed by atoms with Gasteiger partial charge < -0.3 is 0 Å². The summed E-state index contributed by atoms with van der Waals surface area (Å²) < 4.78 is 0. The molecule has 0 bridgehead atoms. The van der Waals surface area contributed by atoms with Gasteiger partial charge in [-0.1, -0.05) is 0 Å². The van der Waals surface area contributed by atoms with Crippen LogP contribution in [-0.2, 0) is 9.78 Å². The van der Waals surface area contributed by atoms with Crippen molar-refractivity contribution in [3.05, 3.63) is 7.11 Å². The van der Waals surface area contributed by atoms with Crippen LogP contribution in [0, 0.1) is 7.11 Å². The van der Waals surface area contributed by atoms with Crippen LogP contribution in [0.2, 0.25) is 0 Å². The normalized spacial score (nSPS) is 7.50. The van der Waals surface area contributed by atoms with Crippen molar-refractivity contribution in [2.45, 2.75) is 0 Å². The van der Waals surface area contributed by atoms with E-state index in [2.05, 4.69) is 16.9 Å². The molecule has 0 rings (SSSR count).